The SMILES string of the molecule is CS(=O)(=O)N(CC(=O)N(Cc1ccc(Cl)cc1)C(Cc1ccccc1)C(=O)NC1CCCCC1)c1ccccc1Br. The minimum absolute atomic E-state index is 0.0507. The number of hydrogen-bond donors (Lipinski definition) is 1. The minimum atomic E-state index is -3.84. The number of rotatable bonds is 11. The summed E-state index contributed by atoms with van der Waals surface area (Å²) in [6.07, 6.45) is 6.41. The van der Waals surface area contributed by atoms with E-state index in [0.29, 0.717) is 15.2 Å². The second kappa shape index (κ2) is 14.3. The highest BCUT2D eigenvalue weighted by Crippen LogP contribution is 2.28. The first-order chi connectivity index (χ1) is 19.6. The molecule has 0 radical (unpaired) electrons. The second-order valence-electron chi connectivity index (χ2n) is 10.4. The molecule has 41 heavy (non-hydrogen) atoms. The number of benzene rings is 3. The lowest BCUT2D eigenvalue weighted by atomic mass is 9.94. The second-order valence-corrected chi connectivity index (χ2v) is 13.6. The quantitative estimate of drug-likeness (QED) is 0.275. The summed E-state index contributed by atoms with van der Waals surface area (Å²) in [5, 5.41) is 3.76. The third-order valence-corrected chi connectivity index (χ3v) is 9.34. The lowest BCUT2D eigenvalue weighted by molar-refractivity contribution is -0.140. The van der Waals surface area contributed by atoms with Gasteiger partial charge in [-0.15, -0.1) is 0 Å². The Balaban J connectivity index is 1.72. The standard InChI is InChI=1S/C31H35BrClN3O4S/c1-41(39,40)36(28-15-9-8-14-27(28)32)22-30(37)35(21-24-16-18-25(33)19-17-24)29(20-23-10-4-2-5-11-23)31(38)34-26-12-6-3-7-13-26/h2,4-5,8-11,14-19,26,29H,3,6-7,12-13,20-22H2,1H3,(H,34,38). The maximum absolute atomic E-state index is 14.2. The largest absolute Gasteiger partial charge is 0.352 e. The van der Waals surface area contributed by atoms with E-state index in [0.717, 1.165) is 53.8 Å². The Kier molecular flexibility index (Phi) is 10.9. The fraction of sp³-hybridized carbons (Fsp3) is 0.355. The van der Waals surface area contributed by atoms with E-state index in [-0.39, 0.29) is 24.9 Å². The molecule has 1 aliphatic rings. The molecule has 0 aliphatic heterocycles. The third kappa shape index (κ3) is 8.80. The molecule has 218 valence electrons. The van der Waals surface area contributed by atoms with Crippen LogP contribution in [0, 0.1) is 0 Å². The number of carbonyl (C=O) groups is 2. The first kappa shape index (κ1) is 31.1. The maximum atomic E-state index is 14.2. The minimum Gasteiger partial charge on any atom is -0.352 e. The van der Waals surface area contributed by atoms with Crippen molar-refractivity contribution in [1.82, 2.24) is 10.2 Å². The molecule has 0 aromatic heterocycles. The molecule has 1 atom stereocenters. The van der Waals surface area contributed by atoms with Gasteiger partial charge in [0.15, 0.2) is 0 Å². The number of anilines is 1. The summed E-state index contributed by atoms with van der Waals surface area (Å²) in [7, 11) is -3.84. The van der Waals surface area contributed by atoms with E-state index in [1.807, 2.05) is 42.5 Å². The van der Waals surface area contributed by atoms with Crippen LogP contribution in [-0.4, -0.2) is 50.0 Å². The molecule has 1 fully saturated rings. The van der Waals surface area contributed by atoms with Crippen LogP contribution in [0.1, 0.15) is 43.2 Å². The lowest BCUT2D eigenvalue weighted by Crippen LogP contribution is -2.55. The molecule has 1 N–H and O–H groups in total. The Hall–Kier alpha value is -2.88. The summed E-state index contributed by atoms with van der Waals surface area (Å²) in [6.45, 7) is -0.351. The topological polar surface area (TPSA) is 86.8 Å². The average Bonchev–Trinajstić information content (AvgIpc) is 2.95. The number of hydrogen-bond acceptors (Lipinski definition) is 4. The van der Waals surface area contributed by atoms with Gasteiger partial charge in [-0.3, -0.25) is 13.9 Å². The molecule has 1 saturated carbocycles. The first-order valence-corrected chi connectivity index (χ1v) is 16.7. The van der Waals surface area contributed by atoms with Crippen molar-refractivity contribution in [3.8, 4) is 0 Å². The third-order valence-electron chi connectivity index (χ3n) is 7.29. The summed E-state index contributed by atoms with van der Waals surface area (Å²) < 4.78 is 27.5. The summed E-state index contributed by atoms with van der Waals surface area (Å²) in [5.41, 5.74) is 2.02. The molecule has 0 heterocycles. The highest BCUT2D eigenvalue weighted by Gasteiger charge is 2.34. The highest BCUT2D eigenvalue weighted by molar-refractivity contribution is 9.10. The first-order valence-electron chi connectivity index (χ1n) is 13.7. The van der Waals surface area contributed by atoms with E-state index in [9.17, 15) is 18.0 Å². The Morgan fingerprint density at radius 1 is 0.927 bits per heavy atom. The zero-order valence-corrected chi connectivity index (χ0v) is 26.2. The van der Waals surface area contributed by atoms with Gasteiger partial charge in [0.2, 0.25) is 21.8 Å². The van der Waals surface area contributed by atoms with Gasteiger partial charge >= 0.3 is 0 Å². The number of halogens is 2. The summed E-state index contributed by atoms with van der Waals surface area (Å²) >= 11 is 9.54. The van der Waals surface area contributed by atoms with Crippen LogP contribution in [-0.2, 0) is 32.6 Å². The summed E-state index contributed by atoms with van der Waals surface area (Å²) in [6, 6.07) is 22.7. The van der Waals surface area contributed by atoms with Gasteiger partial charge in [0, 0.05) is 28.5 Å². The predicted octanol–water partition coefficient (Wildman–Crippen LogP) is 5.96. The number of nitrogens with one attached hydrogen (secondary N) is 1. The molecule has 2 amide bonds. The van der Waals surface area contributed by atoms with Crippen LogP contribution in [0.3, 0.4) is 0 Å². The van der Waals surface area contributed by atoms with Crippen molar-refractivity contribution >= 4 is 55.1 Å². The van der Waals surface area contributed by atoms with E-state index in [1.165, 1.54) is 4.90 Å². The van der Waals surface area contributed by atoms with Crippen molar-refractivity contribution in [3.63, 3.8) is 0 Å². The van der Waals surface area contributed by atoms with Gasteiger partial charge in [-0.1, -0.05) is 85.5 Å². The van der Waals surface area contributed by atoms with Crippen LogP contribution in [0.4, 0.5) is 5.69 Å². The van der Waals surface area contributed by atoms with E-state index in [1.54, 1.807) is 36.4 Å². The van der Waals surface area contributed by atoms with Crippen LogP contribution in [0.15, 0.2) is 83.3 Å². The fourth-order valence-electron chi connectivity index (χ4n) is 5.13. The molecule has 7 nitrogen and oxygen atoms in total. The zero-order chi connectivity index (χ0) is 29.4. The molecular weight excluding hydrogens is 626 g/mol. The highest BCUT2D eigenvalue weighted by atomic mass is 79.9. The number of carbonyl (C=O) groups excluding carboxylic acids is 2. The Labute approximate surface area is 256 Å². The zero-order valence-electron chi connectivity index (χ0n) is 23.0. The van der Waals surface area contributed by atoms with Crippen molar-refractivity contribution in [2.45, 2.75) is 57.2 Å². The smallest absolute Gasteiger partial charge is 0.244 e. The molecular formula is C31H35BrClN3O4S. The molecule has 0 spiro atoms. The molecule has 3 aromatic carbocycles. The summed E-state index contributed by atoms with van der Waals surface area (Å²) in [4.78, 5) is 29.6. The number of nitrogens with zero attached hydrogens (tertiary/aromatic N) is 2. The average molecular weight is 661 g/mol. The van der Waals surface area contributed by atoms with E-state index in [2.05, 4.69) is 21.2 Å². The Morgan fingerprint density at radius 2 is 1.56 bits per heavy atom. The molecule has 10 heteroatoms. The number of sulfonamides is 1. The van der Waals surface area contributed by atoms with Gasteiger partial charge in [-0.25, -0.2) is 8.42 Å². The lowest BCUT2D eigenvalue weighted by Gasteiger charge is -2.35. The van der Waals surface area contributed by atoms with Crippen LogP contribution in [0.25, 0.3) is 0 Å². The monoisotopic (exact) mass is 659 g/mol. The maximum Gasteiger partial charge on any atom is 0.244 e. The van der Waals surface area contributed by atoms with Crippen LogP contribution in [0.5, 0.6) is 0 Å². The molecule has 1 aliphatic carbocycles. The molecule has 1 unspecified atom stereocenters. The van der Waals surface area contributed by atoms with E-state index in [4.69, 9.17) is 11.6 Å². The van der Waals surface area contributed by atoms with Crippen molar-refractivity contribution < 1.29 is 18.0 Å². The molecule has 0 bridgehead atoms. The molecule has 0 saturated heterocycles. The van der Waals surface area contributed by atoms with E-state index < -0.39 is 28.5 Å². The number of amides is 2. The Bertz CT molecular complexity index is 1430. The summed E-state index contributed by atoms with van der Waals surface area (Å²) in [5.74, 6) is -0.726. The van der Waals surface area contributed by atoms with E-state index >= 15 is 0 Å². The fourth-order valence-corrected chi connectivity index (χ4v) is 6.74. The van der Waals surface area contributed by atoms with Gasteiger partial charge in [0.25, 0.3) is 0 Å². The number of para-hydroxylation sites is 1. The van der Waals surface area contributed by atoms with Gasteiger partial charge in [0.05, 0.1) is 11.9 Å². The molecule has 3 aromatic rings. The van der Waals surface area contributed by atoms with Crippen LogP contribution >= 0.6 is 27.5 Å². The van der Waals surface area contributed by atoms with Crippen molar-refractivity contribution in [2.75, 3.05) is 17.1 Å². The van der Waals surface area contributed by atoms with Crippen LogP contribution in [0.2, 0.25) is 5.02 Å². The molecule has 4 rings (SSSR count). The van der Waals surface area contributed by atoms with Gasteiger partial charge in [-0.2, -0.15) is 0 Å². The van der Waals surface area contributed by atoms with Crippen molar-refractivity contribution in [3.05, 3.63) is 99.5 Å². The normalized spacial score (nSPS) is 14.7. The van der Waals surface area contributed by atoms with Crippen molar-refractivity contribution in [2.24, 2.45) is 0 Å². The van der Waals surface area contributed by atoms with Gasteiger partial charge < -0.3 is 10.2 Å². The predicted molar refractivity (Wildman–Crippen MR) is 167 cm³/mol. The van der Waals surface area contributed by atoms with Gasteiger partial charge in [-0.05, 0) is 64.2 Å². The van der Waals surface area contributed by atoms with Crippen LogP contribution < -0.4 is 9.62 Å². The Morgan fingerprint density at radius 3 is 2.20 bits per heavy atom. The van der Waals surface area contributed by atoms with Crippen molar-refractivity contribution in [1.29, 1.82) is 0 Å². The van der Waals surface area contributed by atoms with Gasteiger partial charge in [0.1, 0.15) is 12.6 Å².